The molecular formula is C13H18N4O3S. The maximum atomic E-state index is 11.2. The monoisotopic (exact) mass is 310 g/mol. The maximum absolute atomic E-state index is 11.2. The highest BCUT2D eigenvalue weighted by Gasteiger charge is 2.32. The van der Waals surface area contributed by atoms with E-state index in [9.17, 15) is 4.79 Å². The summed E-state index contributed by atoms with van der Waals surface area (Å²) >= 11 is 1.46. The molecule has 114 valence electrons. The van der Waals surface area contributed by atoms with Gasteiger partial charge in [0.2, 0.25) is 0 Å². The summed E-state index contributed by atoms with van der Waals surface area (Å²) in [6.07, 6.45) is -0.0464. The zero-order chi connectivity index (χ0) is 15.6. The predicted molar refractivity (Wildman–Crippen MR) is 78.4 cm³/mol. The number of carboxylic acid groups (broad SMARTS) is 1. The Labute approximate surface area is 126 Å². The van der Waals surface area contributed by atoms with Gasteiger partial charge in [-0.2, -0.15) is 0 Å². The topological polar surface area (TPSA) is 90.1 Å². The standard InChI is InChI=1S/C13H18N4O3S/c1-13(2,3)9(7-10(18)19)17-12(14-15-16-17)11-8(20-4)5-6-21-11/h5-6,9H,7H2,1-4H3,(H,18,19). The molecule has 1 N–H and O–H groups in total. The first-order chi connectivity index (χ1) is 9.84. The van der Waals surface area contributed by atoms with Crippen LogP contribution in [0.3, 0.4) is 0 Å². The average Bonchev–Trinajstić information content (AvgIpc) is 3.02. The van der Waals surface area contributed by atoms with E-state index in [0.717, 1.165) is 4.88 Å². The van der Waals surface area contributed by atoms with E-state index in [1.165, 1.54) is 11.3 Å². The number of nitrogens with zero attached hydrogens (tertiary/aromatic N) is 4. The van der Waals surface area contributed by atoms with Crippen LogP contribution in [0.25, 0.3) is 10.7 Å². The number of rotatable bonds is 5. The van der Waals surface area contributed by atoms with Crippen LogP contribution < -0.4 is 4.74 Å². The Balaban J connectivity index is 2.49. The second-order valence-electron chi connectivity index (χ2n) is 5.74. The second-order valence-corrected chi connectivity index (χ2v) is 6.66. The summed E-state index contributed by atoms with van der Waals surface area (Å²) in [5, 5.41) is 22.8. The number of thiophene rings is 1. The minimum Gasteiger partial charge on any atom is -0.495 e. The highest BCUT2D eigenvalue weighted by Crippen LogP contribution is 2.39. The summed E-state index contributed by atoms with van der Waals surface area (Å²) < 4.78 is 6.88. The number of carbonyl (C=O) groups is 1. The zero-order valence-corrected chi connectivity index (χ0v) is 13.2. The summed E-state index contributed by atoms with van der Waals surface area (Å²) in [6.45, 7) is 5.91. The average molecular weight is 310 g/mol. The van der Waals surface area contributed by atoms with E-state index in [1.807, 2.05) is 32.2 Å². The van der Waals surface area contributed by atoms with Crippen molar-refractivity contribution in [3.8, 4) is 16.5 Å². The van der Waals surface area contributed by atoms with Gasteiger partial charge in [-0.3, -0.25) is 4.79 Å². The van der Waals surface area contributed by atoms with E-state index in [2.05, 4.69) is 15.5 Å². The normalized spacial score (nSPS) is 13.1. The van der Waals surface area contributed by atoms with Crippen LogP contribution in [0.4, 0.5) is 0 Å². The van der Waals surface area contributed by atoms with Crippen LogP contribution in [0, 0.1) is 5.41 Å². The number of methoxy groups -OCH3 is 1. The van der Waals surface area contributed by atoms with Crippen LogP contribution in [-0.2, 0) is 4.79 Å². The van der Waals surface area contributed by atoms with Gasteiger partial charge in [0.05, 0.1) is 19.6 Å². The van der Waals surface area contributed by atoms with Crippen molar-refractivity contribution < 1.29 is 14.6 Å². The molecule has 0 aliphatic carbocycles. The van der Waals surface area contributed by atoms with Crippen LogP contribution in [0.5, 0.6) is 5.75 Å². The summed E-state index contributed by atoms with van der Waals surface area (Å²) in [6, 6.07) is 1.48. The lowest BCUT2D eigenvalue weighted by molar-refractivity contribution is -0.138. The molecule has 0 saturated heterocycles. The number of hydrogen-bond donors (Lipinski definition) is 1. The molecule has 2 rings (SSSR count). The Morgan fingerprint density at radius 3 is 2.81 bits per heavy atom. The van der Waals surface area contributed by atoms with Crippen LogP contribution >= 0.6 is 11.3 Å². The second kappa shape index (κ2) is 5.80. The molecule has 21 heavy (non-hydrogen) atoms. The largest absolute Gasteiger partial charge is 0.495 e. The van der Waals surface area contributed by atoms with E-state index in [4.69, 9.17) is 9.84 Å². The molecule has 0 spiro atoms. The highest BCUT2D eigenvalue weighted by molar-refractivity contribution is 7.13. The van der Waals surface area contributed by atoms with E-state index in [-0.39, 0.29) is 17.9 Å². The molecule has 8 heteroatoms. The first kappa shape index (κ1) is 15.4. The minimum absolute atomic E-state index is 0.0464. The number of ether oxygens (including phenoxy) is 1. The lowest BCUT2D eigenvalue weighted by atomic mass is 9.85. The van der Waals surface area contributed by atoms with E-state index in [1.54, 1.807) is 11.8 Å². The molecule has 0 aliphatic heterocycles. The van der Waals surface area contributed by atoms with Gasteiger partial charge in [-0.25, -0.2) is 4.68 Å². The third-order valence-electron chi connectivity index (χ3n) is 3.21. The number of aromatic nitrogens is 4. The van der Waals surface area contributed by atoms with Crippen molar-refractivity contribution in [2.24, 2.45) is 5.41 Å². The molecule has 0 saturated carbocycles. The Morgan fingerprint density at radius 1 is 1.52 bits per heavy atom. The summed E-state index contributed by atoms with van der Waals surface area (Å²) in [4.78, 5) is 12.0. The van der Waals surface area contributed by atoms with Crippen molar-refractivity contribution in [3.63, 3.8) is 0 Å². The van der Waals surface area contributed by atoms with Crippen molar-refractivity contribution in [2.75, 3.05) is 7.11 Å². The molecule has 7 nitrogen and oxygen atoms in total. The molecule has 2 heterocycles. The van der Waals surface area contributed by atoms with Gasteiger partial charge in [-0.1, -0.05) is 20.8 Å². The summed E-state index contributed by atoms with van der Waals surface area (Å²) in [5.74, 6) is 0.330. The van der Waals surface area contributed by atoms with Gasteiger partial charge in [-0.15, -0.1) is 16.4 Å². The van der Waals surface area contributed by atoms with Gasteiger partial charge in [0.15, 0.2) is 5.82 Å². The molecule has 0 fully saturated rings. The molecule has 0 amide bonds. The van der Waals surface area contributed by atoms with Crippen molar-refractivity contribution in [1.82, 2.24) is 20.2 Å². The van der Waals surface area contributed by atoms with E-state index < -0.39 is 5.97 Å². The van der Waals surface area contributed by atoms with Crippen molar-refractivity contribution in [1.29, 1.82) is 0 Å². The van der Waals surface area contributed by atoms with Crippen molar-refractivity contribution >= 4 is 17.3 Å². The molecule has 0 radical (unpaired) electrons. The summed E-state index contributed by atoms with van der Waals surface area (Å²) in [5.41, 5.74) is -0.299. The lowest BCUT2D eigenvalue weighted by Gasteiger charge is -2.29. The predicted octanol–water partition coefficient (Wildman–Crippen LogP) is 2.47. The molecule has 0 aromatic carbocycles. The van der Waals surface area contributed by atoms with Gasteiger partial charge in [0.1, 0.15) is 10.6 Å². The van der Waals surface area contributed by atoms with Crippen molar-refractivity contribution in [2.45, 2.75) is 33.2 Å². The van der Waals surface area contributed by atoms with Crippen LogP contribution in [0.2, 0.25) is 0 Å². The Kier molecular flexibility index (Phi) is 4.26. The first-order valence-corrected chi connectivity index (χ1v) is 7.34. The van der Waals surface area contributed by atoms with Gasteiger partial charge < -0.3 is 9.84 Å². The van der Waals surface area contributed by atoms with Crippen molar-refractivity contribution in [3.05, 3.63) is 11.4 Å². The molecule has 0 bridgehead atoms. The van der Waals surface area contributed by atoms with Gasteiger partial charge >= 0.3 is 5.97 Å². The minimum atomic E-state index is -0.880. The van der Waals surface area contributed by atoms with E-state index in [0.29, 0.717) is 11.6 Å². The third kappa shape index (κ3) is 3.21. The number of carboxylic acids is 1. The lowest BCUT2D eigenvalue weighted by Crippen LogP contribution is -2.28. The number of hydrogen-bond acceptors (Lipinski definition) is 6. The molecular weight excluding hydrogens is 292 g/mol. The molecule has 1 atom stereocenters. The molecule has 2 aromatic rings. The van der Waals surface area contributed by atoms with Crippen LogP contribution in [0.1, 0.15) is 33.2 Å². The van der Waals surface area contributed by atoms with Crippen LogP contribution in [0.15, 0.2) is 11.4 Å². The number of tetrazole rings is 1. The summed E-state index contributed by atoms with van der Waals surface area (Å²) in [7, 11) is 1.58. The van der Waals surface area contributed by atoms with Gasteiger partial charge in [0.25, 0.3) is 0 Å². The fourth-order valence-corrected chi connectivity index (χ4v) is 2.93. The zero-order valence-electron chi connectivity index (χ0n) is 12.4. The third-order valence-corrected chi connectivity index (χ3v) is 4.10. The Bertz CT molecular complexity index is 629. The SMILES string of the molecule is COc1ccsc1-c1nnnn1C(CC(=O)O)C(C)(C)C. The van der Waals surface area contributed by atoms with Gasteiger partial charge in [0, 0.05) is 0 Å². The quantitative estimate of drug-likeness (QED) is 0.912. The first-order valence-electron chi connectivity index (χ1n) is 6.46. The molecule has 1 unspecified atom stereocenters. The van der Waals surface area contributed by atoms with E-state index >= 15 is 0 Å². The Morgan fingerprint density at radius 2 is 2.24 bits per heavy atom. The highest BCUT2D eigenvalue weighted by atomic mass is 32.1. The molecule has 2 aromatic heterocycles. The Hall–Kier alpha value is -1.96. The molecule has 0 aliphatic rings. The smallest absolute Gasteiger partial charge is 0.305 e. The maximum Gasteiger partial charge on any atom is 0.305 e. The fraction of sp³-hybridized carbons (Fsp3) is 0.538. The number of aliphatic carboxylic acids is 1. The van der Waals surface area contributed by atoms with Gasteiger partial charge in [-0.05, 0) is 27.3 Å². The van der Waals surface area contributed by atoms with Crippen LogP contribution in [-0.4, -0.2) is 38.4 Å². The fourth-order valence-electron chi connectivity index (χ4n) is 2.10.